The highest BCUT2D eigenvalue weighted by Crippen LogP contribution is 2.39. The van der Waals surface area contributed by atoms with Crippen LogP contribution < -0.4 is 0 Å². The zero-order valence-corrected chi connectivity index (χ0v) is 22.8. The minimum atomic E-state index is -0.852. The molecule has 0 bridgehead atoms. The summed E-state index contributed by atoms with van der Waals surface area (Å²) in [7, 11) is 0. The molecule has 200 valence electrons. The molecule has 3 atom stereocenters. The third-order valence-corrected chi connectivity index (χ3v) is 8.08. The molecule has 0 spiro atoms. The number of carbonyl (C=O) groups excluding carboxylic acids is 1. The molecular weight excluding hydrogens is 493 g/mol. The molecule has 0 saturated carbocycles. The fourth-order valence-corrected chi connectivity index (χ4v) is 5.69. The van der Waals surface area contributed by atoms with E-state index in [0.29, 0.717) is 56.3 Å². The number of carboxylic acid groups (broad SMARTS) is 1. The van der Waals surface area contributed by atoms with Crippen molar-refractivity contribution in [3.63, 3.8) is 0 Å². The zero-order chi connectivity index (χ0) is 26.9. The van der Waals surface area contributed by atoms with Crippen LogP contribution in [0, 0.1) is 18.7 Å². The van der Waals surface area contributed by atoms with Crippen molar-refractivity contribution >= 4 is 23.5 Å². The number of halogens is 2. The third kappa shape index (κ3) is 6.33. The highest BCUT2D eigenvalue weighted by molar-refractivity contribution is 6.30. The molecule has 0 radical (unpaired) electrons. The molecule has 2 aromatic carbocycles. The number of benzene rings is 2. The molecule has 8 heteroatoms. The monoisotopic (exact) mass is 529 g/mol. The molecule has 6 nitrogen and oxygen atoms in total. The predicted octanol–water partition coefficient (Wildman–Crippen LogP) is 4.44. The molecule has 0 aromatic heterocycles. The summed E-state index contributed by atoms with van der Waals surface area (Å²) in [5.74, 6) is -1.86. The van der Waals surface area contributed by atoms with E-state index in [4.69, 9.17) is 11.6 Å². The van der Waals surface area contributed by atoms with Gasteiger partial charge in [-0.05, 0) is 57.4 Å². The Morgan fingerprint density at radius 3 is 2.27 bits per heavy atom. The molecule has 2 aliphatic rings. The van der Waals surface area contributed by atoms with Crippen LogP contribution in [0.1, 0.15) is 43.4 Å². The molecule has 2 heterocycles. The lowest BCUT2D eigenvalue weighted by Crippen LogP contribution is -2.56. The Bertz CT molecular complexity index is 1130. The molecule has 0 aliphatic carbocycles. The SMILES string of the molecule is Cc1ccc(C[C@@H](C(=O)O)N2CCN(C(=O)[C@@H]3CN(C(C)(C)C)C[C@H]3c3ccc(Cl)cc3F)CC2)cc1. The van der Waals surface area contributed by atoms with Crippen molar-refractivity contribution in [1.82, 2.24) is 14.7 Å². The topological polar surface area (TPSA) is 64.1 Å². The summed E-state index contributed by atoms with van der Waals surface area (Å²) in [6.45, 7) is 11.4. The first-order valence-corrected chi connectivity index (χ1v) is 13.3. The van der Waals surface area contributed by atoms with Gasteiger partial charge in [-0.2, -0.15) is 0 Å². The summed E-state index contributed by atoms with van der Waals surface area (Å²) in [5.41, 5.74) is 2.49. The molecule has 4 rings (SSSR count). The highest BCUT2D eigenvalue weighted by atomic mass is 35.5. The largest absolute Gasteiger partial charge is 0.480 e. The van der Waals surface area contributed by atoms with E-state index in [2.05, 4.69) is 25.7 Å². The maximum Gasteiger partial charge on any atom is 0.321 e. The maximum atomic E-state index is 14.9. The van der Waals surface area contributed by atoms with Gasteiger partial charge in [0.2, 0.25) is 5.91 Å². The zero-order valence-electron chi connectivity index (χ0n) is 22.1. The number of likely N-dealkylation sites (tertiary alicyclic amines) is 1. The number of carbonyl (C=O) groups is 2. The number of hydrogen-bond acceptors (Lipinski definition) is 4. The summed E-state index contributed by atoms with van der Waals surface area (Å²) < 4.78 is 14.9. The normalized spacial score (nSPS) is 22.3. The molecule has 2 fully saturated rings. The van der Waals surface area contributed by atoms with E-state index < -0.39 is 12.0 Å². The number of piperazine rings is 1. The van der Waals surface area contributed by atoms with Crippen molar-refractivity contribution in [2.24, 2.45) is 5.92 Å². The Hall–Kier alpha value is -2.48. The molecule has 1 amide bonds. The summed E-state index contributed by atoms with van der Waals surface area (Å²) in [6.07, 6.45) is 0.421. The van der Waals surface area contributed by atoms with Gasteiger partial charge in [-0.25, -0.2) is 4.39 Å². The van der Waals surface area contributed by atoms with Crippen molar-refractivity contribution in [2.45, 2.75) is 51.6 Å². The van der Waals surface area contributed by atoms with E-state index >= 15 is 0 Å². The van der Waals surface area contributed by atoms with Crippen molar-refractivity contribution in [3.8, 4) is 0 Å². The molecule has 2 aliphatic heterocycles. The third-order valence-electron chi connectivity index (χ3n) is 7.85. The van der Waals surface area contributed by atoms with Crippen molar-refractivity contribution < 1.29 is 19.1 Å². The first-order chi connectivity index (χ1) is 17.4. The molecule has 2 saturated heterocycles. The van der Waals surface area contributed by atoms with E-state index in [-0.39, 0.29) is 29.1 Å². The van der Waals surface area contributed by atoms with Crippen LogP contribution in [0.3, 0.4) is 0 Å². The quantitative estimate of drug-likeness (QED) is 0.599. The minimum Gasteiger partial charge on any atom is -0.480 e. The van der Waals surface area contributed by atoms with Crippen LogP contribution in [0.2, 0.25) is 5.02 Å². The van der Waals surface area contributed by atoms with Gasteiger partial charge in [0.1, 0.15) is 11.9 Å². The number of nitrogens with zero attached hydrogens (tertiary/aromatic N) is 3. The number of carboxylic acids is 1. The van der Waals surface area contributed by atoms with Gasteiger partial charge >= 0.3 is 5.97 Å². The van der Waals surface area contributed by atoms with E-state index in [1.807, 2.05) is 41.0 Å². The molecule has 1 N–H and O–H groups in total. The molecule has 2 aromatic rings. The van der Waals surface area contributed by atoms with Gasteiger partial charge in [0.25, 0.3) is 0 Å². The van der Waals surface area contributed by atoms with E-state index in [1.165, 1.54) is 6.07 Å². The second kappa shape index (κ2) is 11.1. The van der Waals surface area contributed by atoms with Crippen LogP contribution in [0.4, 0.5) is 4.39 Å². The first kappa shape index (κ1) is 27.6. The van der Waals surface area contributed by atoms with Crippen LogP contribution in [0.25, 0.3) is 0 Å². The van der Waals surface area contributed by atoms with Gasteiger partial charge < -0.3 is 10.0 Å². The Labute approximate surface area is 224 Å². The molecule has 37 heavy (non-hydrogen) atoms. The standard InChI is InChI=1S/C29H37ClFN3O3/c1-19-5-7-20(8-6-19)15-26(28(36)37)32-11-13-33(14-12-32)27(35)24-18-34(29(2,3)4)17-23(24)22-10-9-21(30)16-25(22)31/h5-10,16,23-24,26H,11-15,17-18H2,1-4H3,(H,36,37)/t23-,24+,26-/m0/s1. The average Bonchev–Trinajstić information content (AvgIpc) is 3.29. The lowest BCUT2D eigenvalue weighted by Gasteiger charge is -2.39. The smallest absolute Gasteiger partial charge is 0.321 e. The average molecular weight is 530 g/mol. The van der Waals surface area contributed by atoms with Gasteiger partial charge in [0.15, 0.2) is 0 Å². The lowest BCUT2D eigenvalue weighted by atomic mass is 9.87. The van der Waals surface area contributed by atoms with Gasteiger partial charge in [-0.1, -0.05) is 47.5 Å². The van der Waals surface area contributed by atoms with Gasteiger partial charge in [0.05, 0.1) is 5.92 Å². The predicted molar refractivity (Wildman–Crippen MR) is 143 cm³/mol. The highest BCUT2D eigenvalue weighted by Gasteiger charge is 2.45. The minimum absolute atomic E-state index is 0.0103. The van der Waals surface area contributed by atoms with E-state index in [9.17, 15) is 19.1 Å². The van der Waals surface area contributed by atoms with Crippen LogP contribution in [0.5, 0.6) is 0 Å². The van der Waals surface area contributed by atoms with Gasteiger partial charge in [-0.15, -0.1) is 0 Å². The Kier molecular flexibility index (Phi) is 8.26. The Morgan fingerprint density at radius 2 is 1.70 bits per heavy atom. The Morgan fingerprint density at radius 1 is 1.05 bits per heavy atom. The fraction of sp³-hybridized carbons (Fsp3) is 0.517. The van der Waals surface area contributed by atoms with Gasteiger partial charge in [0, 0.05) is 55.7 Å². The first-order valence-electron chi connectivity index (χ1n) is 12.9. The summed E-state index contributed by atoms with van der Waals surface area (Å²) >= 11 is 5.99. The molecular formula is C29H37ClFN3O3. The second-order valence-electron chi connectivity index (χ2n) is 11.4. The van der Waals surface area contributed by atoms with Gasteiger partial charge in [-0.3, -0.25) is 19.4 Å². The van der Waals surface area contributed by atoms with Crippen molar-refractivity contribution in [1.29, 1.82) is 0 Å². The van der Waals surface area contributed by atoms with Crippen LogP contribution in [-0.2, 0) is 16.0 Å². The van der Waals surface area contributed by atoms with Crippen LogP contribution in [-0.4, -0.2) is 82.5 Å². The summed E-state index contributed by atoms with van der Waals surface area (Å²) in [6, 6.07) is 12.0. The number of hydrogen-bond donors (Lipinski definition) is 1. The number of aliphatic carboxylic acids is 1. The second-order valence-corrected chi connectivity index (χ2v) is 11.8. The number of aryl methyl sites for hydroxylation is 1. The fourth-order valence-electron chi connectivity index (χ4n) is 5.53. The molecule has 0 unspecified atom stereocenters. The van der Waals surface area contributed by atoms with Crippen molar-refractivity contribution in [2.75, 3.05) is 39.3 Å². The van der Waals surface area contributed by atoms with Crippen LogP contribution in [0.15, 0.2) is 42.5 Å². The van der Waals surface area contributed by atoms with E-state index in [0.717, 1.165) is 11.1 Å². The summed E-state index contributed by atoms with van der Waals surface area (Å²) in [5, 5.41) is 10.3. The van der Waals surface area contributed by atoms with Crippen LogP contribution >= 0.6 is 11.6 Å². The number of amides is 1. The number of rotatable bonds is 6. The lowest BCUT2D eigenvalue weighted by molar-refractivity contribution is -0.145. The maximum absolute atomic E-state index is 14.9. The van der Waals surface area contributed by atoms with E-state index in [1.54, 1.807) is 12.1 Å². The van der Waals surface area contributed by atoms with Crippen molar-refractivity contribution in [3.05, 3.63) is 70.0 Å². The Balaban J connectivity index is 1.46. The summed E-state index contributed by atoms with van der Waals surface area (Å²) in [4.78, 5) is 31.9.